The van der Waals surface area contributed by atoms with E-state index >= 15 is 0 Å². The predicted molar refractivity (Wildman–Crippen MR) is 75.3 cm³/mol. The molecule has 0 radical (unpaired) electrons. The lowest BCUT2D eigenvalue weighted by atomic mass is 10.0. The van der Waals surface area contributed by atoms with Crippen molar-refractivity contribution in [3.63, 3.8) is 0 Å². The number of likely N-dealkylation sites (tertiary alicyclic amines) is 1. The number of methoxy groups -OCH3 is 1. The van der Waals surface area contributed by atoms with E-state index in [-0.39, 0.29) is 11.6 Å². The van der Waals surface area contributed by atoms with Crippen LogP contribution in [0.5, 0.6) is 5.75 Å². The molecule has 1 aliphatic heterocycles. The number of carboxylic acid groups (broad SMARTS) is 1. The second-order valence-electron chi connectivity index (χ2n) is 5.27. The molecule has 1 aromatic carbocycles. The summed E-state index contributed by atoms with van der Waals surface area (Å²) < 4.78 is 5.22. The van der Waals surface area contributed by atoms with Crippen LogP contribution in [0, 0.1) is 16.0 Å². The van der Waals surface area contributed by atoms with E-state index in [1.807, 2.05) is 11.8 Å². The van der Waals surface area contributed by atoms with Gasteiger partial charge in [0.1, 0.15) is 11.8 Å². The van der Waals surface area contributed by atoms with Gasteiger partial charge in [0, 0.05) is 24.2 Å². The molecule has 0 saturated carbocycles. The molecule has 0 amide bonds. The van der Waals surface area contributed by atoms with Gasteiger partial charge in [0.05, 0.1) is 12.0 Å². The molecule has 1 N–H and O–H groups in total. The van der Waals surface area contributed by atoms with Gasteiger partial charge in [0.25, 0.3) is 5.69 Å². The molecule has 1 aromatic rings. The quantitative estimate of drug-likeness (QED) is 0.658. The minimum atomic E-state index is -0.857. The summed E-state index contributed by atoms with van der Waals surface area (Å²) >= 11 is 0. The Morgan fingerprint density at radius 2 is 2.29 bits per heavy atom. The number of carbonyl (C=O) groups is 1. The predicted octanol–water partition coefficient (Wildman–Crippen LogP) is 1.90. The summed E-state index contributed by atoms with van der Waals surface area (Å²) in [6.45, 7) is 2.89. The highest BCUT2D eigenvalue weighted by Crippen LogP contribution is 2.30. The minimum Gasteiger partial charge on any atom is -0.496 e. The van der Waals surface area contributed by atoms with Crippen LogP contribution in [0.1, 0.15) is 18.9 Å². The molecule has 7 heteroatoms. The van der Waals surface area contributed by atoms with Gasteiger partial charge in [-0.25, -0.2) is 0 Å². The van der Waals surface area contributed by atoms with Gasteiger partial charge in [-0.05, 0) is 24.9 Å². The molecule has 21 heavy (non-hydrogen) atoms. The number of rotatable bonds is 5. The molecule has 0 aliphatic carbocycles. The van der Waals surface area contributed by atoms with Crippen LogP contribution in [0.15, 0.2) is 18.2 Å². The Hall–Kier alpha value is -2.15. The molecular weight excluding hydrogens is 276 g/mol. The van der Waals surface area contributed by atoms with E-state index in [0.717, 1.165) is 6.42 Å². The highest BCUT2D eigenvalue weighted by molar-refractivity contribution is 5.74. The van der Waals surface area contributed by atoms with Crippen molar-refractivity contribution in [1.82, 2.24) is 4.90 Å². The molecule has 2 atom stereocenters. The van der Waals surface area contributed by atoms with E-state index in [4.69, 9.17) is 4.74 Å². The van der Waals surface area contributed by atoms with Crippen LogP contribution in [0.4, 0.5) is 5.69 Å². The monoisotopic (exact) mass is 294 g/mol. The Kier molecular flexibility index (Phi) is 4.42. The molecule has 2 unspecified atom stereocenters. The normalized spacial score (nSPS) is 22.2. The van der Waals surface area contributed by atoms with Crippen molar-refractivity contribution in [2.45, 2.75) is 25.9 Å². The number of hydrogen-bond donors (Lipinski definition) is 1. The Morgan fingerprint density at radius 1 is 1.57 bits per heavy atom. The third-order valence-corrected chi connectivity index (χ3v) is 3.91. The zero-order valence-electron chi connectivity index (χ0n) is 12.0. The molecule has 1 heterocycles. The van der Waals surface area contributed by atoms with Crippen LogP contribution in [0.2, 0.25) is 0 Å². The molecule has 2 rings (SSSR count). The van der Waals surface area contributed by atoms with Gasteiger partial charge in [-0.2, -0.15) is 0 Å². The third kappa shape index (κ3) is 3.13. The first kappa shape index (κ1) is 15.2. The maximum absolute atomic E-state index is 11.4. The van der Waals surface area contributed by atoms with Gasteiger partial charge in [-0.3, -0.25) is 19.8 Å². The Morgan fingerprint density at radius 3 is 2.86 bits per heavy atom. The van der Waals surface area contributed by atoms with Gasteiger partial charge in [-0.15, -0.1) is 0 Å². The van der Waals surface area contributed by atoms with Crippen molar-refractivity contribution in [2.24, 2.45) is 5.92 Å². The third-order valence-electron chi connectivity index (χ3n) is 3.91. The number of nitro benzene ring substituents is 1. The lowest BCUT2D eigenvalue weighted by Crippen LogP contribution is -2.38. The molecule has 0 bridgehead atoms. The Balaban J connectivity index is 2.27. The second-order valence-corrected chi connectivity index (χ2v) is 5.27. The standard InChI is InChI=1S/C14H18N2O5/c1-9-5-6-15(13(9)14(17)18)8-10-7-11(16(19)20)3-4-12(10)21-2/h3-4,7,9,13H,5-6,8H2,1-2H3,(H,17,18). The number of non-ortho nitro benzene ring substituents is 1. The van der Waals surface area contributed by atoms with Crippen molar-refractivity contribution in [2.75, 3.05) is 13.7 Å². The summed E-state index contributed by atoms with van der Waals surface area (Å²) in [5.74, 6) is -0.263. The van der Waals surface area contributed by atoms with Crippen molar-refractivity contribution in [3.8, 4) is 5.75 Å². The zero-order valence-corrected chi connectivity index (χ0v) is 12.0. The van der Waals surface area contributed by atoms with Gasteiger partial charge >= 0.3 is 5.97 Å². The van der Waals surface area contributed by atoms with Crippen molar-refractivity contribution < 1.29 is 19.6 Å². The van der Waals surface area contributed by atoms with Gasteiger partial charge in [0.2, 0.25) is 0 Å². The average Bonchev–Trinajstić information content (AvgIpc) is 2.79. The number of aliphatic carboxylic acids is 1. The molecule has 1 aliphatic rings. The summed E-state index contributed by atoms with van der Waals surface area (Å²) in [6.07, 6.45) is 0.800. The summed E-state index contributed by atoms with van der Waals surface area (Å²) in [5, 5.41) is 20.2. The first-order chi connectivity index (χ1) is 9.93. The van der Waals surface area contributed by atoms with Crippen LogP contribution < -0.4 is 4.74 Å². The van der Waals surface area contributed by atoms with Crippen molar-refractivity contribution in [3.05, 3.63) is 33.9 Å². The van der Waals surface area contributed by atoms with E-state index in [2.05, 4.69) is 0 Å². The molecule has 0 spiro atoms. The van der Waals surface area contributed by atoms with E-state index < -0.39 is 16.9 Å². The van der Waals surface area contributed by atoms with E-state index in [9.17, 15) is 20.0 Å². The molecule has 1 fully saturated rings. The molecule has 114 valence electrons. The van der Waals surface area contributed by atoms with Crippen LogP contribution in [-0.4, -0.2) is 40.6 Å². The lowest BCUT2D eigenvalue weighted by molar-refractivity contribution is -0.384. The molecule has 7 nitrogen and oxygen atoms in total. The largest absolute Gasteiger partial charge is 0.496 e. The zero-order chi connectivity index (χ0) is 15.6. The lowest BCUT2D eigenvalue weighted by Gasteiger charge is -2.23. The highest BCUT2D eigenvalue weighted by Gasteiger charge is 2.37. The first-order valence-corrected chi connectivity index (χ1v) is 6.72. The maximum atomic E-state index is 11.4. The van der Waals surface area contributed by atoms with Crippen LogP contribution in [-0.2, 0) is 11.3 Å². The molecular formula is C14H18N2O5. The maximum Gasteiger partial charge on any atom is 0.321 e. The van der Waals surface area contributed by atoms with Crippen molar-refractivity contribution >= 4 is 11.7 Å². The van der Waals surface area contributed by atoms with Gasteiger partial charge < -0.3 is 9.84 Å². The Bertz CT molecular complexity index is 560. The van der Waals surface area contributed by atoms with Crippen LogP contribution in [0.3, 0.4) is 0 Å². The molecule has 0 aromatic heterocycles. The topological polar surface area (TPSA) is 92.9 Å². The van der Waals surface area contributed by atoms with Crippen LogP contribution in [0.25, 0.3) is 0 Å². The van der Waals surface area contributed by atoms with Gasteiger partial charge in [0.15, 0.2) is 0 Å². The fourth-order valence-electron chi connectivity index (χ4n) is 2.82. The summed E-state index contributed by atoms with van der Waals surface area (Å²) in [4.78, 5) is 23.6. The summed E-state index contributed by atoms with van der Waals surface area (Å²) in [7, 11) is 1.49. The van der Waals surface area contributed by atoms with E-state index in [1.165, 1.54) is 19.2 Å². The smallest absolute Gasteiger partial charge is 0.321 e. The minimum absolute atomic E-state index is 0.0232. The number of carboxylic acids is 1. The summed E-state index contributed by atoms with van der Waals surface area (Å²) in [5.41, 5.74) is 0.608. The van der Waals surface area contributed by atoms with Crippen molar-refractivity contribution in [1.29, 1.82) is 0 Å². The number of nitrogens with zero attached hydrogens (tertiary/aromatic N) is 2. The Labute approximate surface area is 122 Å². The second kappa shape index (κ2) is 6.09. The highest BCUT2D eigenvalue weighted by atomic mass is 16.6. The number of ether oxygens (including phenoxy) is 1. The van der Waals surface area contributed by atoms with E-state index in [1.54, 1.807) is 6.07 Å². The summed E-state index contributed by atoms with van der Waals surface area (Å²) in [6, 6.07) is 3.81. The number of nitro groups is 1. The number of benzene rings is 1. The fraction of sp³-hybridized carbons (Fsp3) is 0.500. The molecule has 1 saturated heterocycles. The van der Waals surface area contributed by atoms with Crippen LogP contribution >= 0.6 is 0 Å². The van der Waals surface area contributed by atoms with E-state index in [0.29, 0.717) is 24.4 Å². The van der Waals surface area contributed by atoms with Gasteiger partial charge in [-0.1, -0.05) is 6.92 Å². The fourth-order valence-corrected chi connectivity index (χ4v) is 2.82. The SMILES string of the molecule is COc1ccc([N+](=O)[O-])cc1CN1CCC(C)C1C(=O)O. The first-order valence-electron chi connectivity index (χ1n) is 6.72. The number of hydrogen-bond acceptors (Lipinski definition) is 5. The average molecular weight is 294 g/mol.